The Hall–Kier alpha value is -1.29. The van der Waals surface area contributed by atoms with Gasteiger partial charge in [-0.1, -0.05) is 13.3 Å². The van der Waals surface area contributed by atoms with Gasteiger partial charge in [-0.25, -0.2) is 0 Å². The molecule has 4 heteroatoms. The third-order valence-corrected chi connectivity index (χ3v) is 4.02. The molecule has 1 fully saturated rings. The summed E-state index contributed by atoms with van der Waals surface area (Å²) >= 11 is 0. The third kappa shape index (κ3) is 2.43. The number of aryl methyl sites for hydroxylation is 1. The lowest BCUT2D eigenvalue weighted by molar-refractivity contribution is 0.0557. The van der Waals surface area contributed by atoms with Gasteiger partial charge in [-0.3, -0.25) is 4.79 Å². The quantitative estimate of drug-likeness (QED) is 0.894. The smallest absolute Gasteiger partial charge is 0.257 e. The van der Waals surface area contributed by atoms with Crippen molar-refractivity contribution in [3.05, 3.63) is 23.7 Å². The molecule has 0 radical (unpaired) electrons. The molecule has 1 saturated heterocycles. The fourth-order valence-electron chi connectivity index (χ4n) is 2.76. The van der Waals surface area contributed by atoms with E-state index in [4.69, 9.17) is 10.2 Å². The van der Waals surface area contributed by atoms with Crippen LogP contribution in [0.3, 0.4) is 0 Å². The summed E-state index contributed by atoms with van der Waals surface area (Å²) in [5, 5.41) is 0. The van der Waals surface area contributed by atoms with E-state index in [9.17, 15) is 4.79 Å². The minimum Gasteiger partial charge on any atom is -0.469 e. The number of carbonyl (C=O) groups is 1. The van der Waals surface area contributed by atoms with Gasteiger partial charge in [-0.2, -0.15) is 0 Å². The SMILES string of the molecule is CCC1CCN(C(=O)c2ccoc2C)C(CN)C1. The predicted octanol–water partition coefficient (Wildman–Crippen LogP) is 2.18. The molecule has 1 amide bonds. The van der Waals surface area contributed by atoms with Crippen LogP contribution in [0.2, 0.25) is 0 Å². The highest BCUT2D eigenvalue weighted by Gasteiger charge is 2.31. The zero-order valence-corrected chi connectivity index (χ0v) is 11.2. The first-order valence-corrected chi connectivity index (χ1v) is 6.72. The molecule has 2 rings (SSSR count). The summed E-state index contributed by atoms with van der Waals surface area (Å²) in [5.41, 5.74) is 6.49. The Morgan fingerprint density at radius 2 is 2.39 bits per heavy atom. The van der Waals surface area contributed by atoms with Gasteiger partial charge in [0.1, 0.15) is 5.76 Å². The van der Waals surface area contributed by atoms with Crippen LogP contribution in [-0.4, -0.2) is 29.9 Å². The van der Waals surface area contributed by atoms with Gasteiger partial charge in [-0.15, -0.1) is 0 Å². The second kappa shape index (κ2) is 5.57. The normalized spacial score (nSPS) is 24.3. The van der Waals surface area contributed by atoms with Crippen LogP contribution >= 0.6 is 0 Å². The average Bonchev–Trinajstić information content (AvgIpc) is 2.83. The van der Waals surface area contributed by atoms with Crippen LogP contribution in [0.4, 0.5) is 0 Å². The van der Waals surface area contributed by atoms with E-state index in [0.717, 1.165) is 19.4 Å². The van der Waals surface area contributed by atoms with E-state index >= 15 is 0 Å². The minimum atomic E-state index is 0.0613. The molecule has 2 heterocycles. The summed E-state index contributed by atoms with van der Waals surface area (Å²) in [6, 6.07) is 1.92. The number of nitrogens with zero attached hydrogens (tertiary/aromatic N) is 1. The third-order valence-electron chi connectivity index (χ3n) is 4.02. The lowest BCUT2D eigenvalue weighted by Gasteiger charge is -2.38. The molecule has 1 aromatic heterocycles. The fraction of sp³-hybridized carbons (Fsp3) is 0.643. The van der Waals surface area contributed by atoms with E-state index in [1.54, 1.807) is 12.3 Å². The molecule has 100 valence electrons. The van der Waals surface area contributed by atoms with E-state index in [1.165, 1.54) is 6.42 Å². The molecule has 0 aliphatic carbocycles. The van der Waals surface area contributed by atoms with Gasteiger partial charge in [0.25, 0.3) is 5.91 Å². The summed E-state index contributed by atoms with van der Waals surface area (Å²) in [7, 11) is 0. The lowest BCUT2D eigenvalue weighted by Crippen LogP contribution is -2.49. The van der Waals surface area contributed by atoms with Gasteiger partial charge >= 0.3 is 0 Å². The van der Waals surface area contributed by atoms with Crippen LogP contribution in [0.5, 0.6) is 0 Å². The van der Waals surface area contributed by atoms with Crippen LogP contribution in [0.1, 0.15) is 42.3 Å². The van der Waals surface area contributed by atoms with Gasteiger partial charge < -0.3 is 15.1 Å². The molecule has 1 aliphatic heterocycles. The number of furan rings is 1. The molecule has 2 unspecified atom stereocenters. The second-order valence-corrected chi connectivity index (χ2v) is 5.08. The topological polar surface area (TPSA) is 59.5 Å². The maximum Gasteiger partial charge on any atom is 0.257 e. The lowest BCUT2D eigenvalue weighted by atomic mass is 9.88. The fourth-order valence-corrected chi connectivity index (χ4v) is 2.76. The molecule has 1 aromatic rings. The molecule has 2 N–H and O–H groups in total. The van der Waals surface area contributed by atoms with Gasteiger partial charge in [-0.05, 0) is 31.7 Å². The summed E-state index contributed by atoms with van der Waals surface area (Å²) in [5.74, 6) is 1.45. The summed E-state index contributed by atoms with van der Waals surface area (Å²) in [6.07, 6.45) is 4.84. The molecular formula is C14H22N2O2. The Morgan fingerprint density at radius 1 is 1.61 bits per heavy atom. The second-order valence-electron chi connectivity index (χ2n) is 5.08. The van der Waals surface area contributed by atoms with E-state index in [1.807, 2.05) is 11.8 Å². The number of rotatable bonds is 3. The first-order chi connectivity index (χ1) is 8.67. The van der Waals surface area contributed by atoms with Crippen molar-refractivity contribution in [2.75, 3.05) is 13.1 Å². The number of carbonyl (C=O) groups excluding carboxylic acids is 1. The van der Waals surface area contributed by atoms with Crippen LogP contribution in [0, 0.1) is 12.8 Å². The van der Waals surface area contributed by atoms with Gasteiger partial charge in [0, 0.05) is 19.1 Å². The van der Waals surface area contributed by atoms with Crippen molar-refractivity contribution >= 4 is 5.91 Å². The Labute approximate surface area is 108 Å². The number of likely N-dealkylation sites (tertiary alicyclic amines) is 1. The first kappa shape index (κ1) is 13.1. The Morgan fingerprint density at radius 3 is 2.94 bits per heavy atom. The van der Waals surface area contributed by atoms with Crippen LogP contribution in [0.25, 0.3) is 0 Å². The van der Waals surface area contributed by atoms with Crippen LogP contribution in [0.15, 0.2) is 16.7 Å². The van der Waals surface area contributed by atoms with Gasteiger partial charge in [0.15, 0.2) is 0 Å². The predicted molar refractivity (Wildman–Crippen MR) is 70.3 cm³/mol. The maximum atomic E-state index is 12.5. The van der Waals surface area contributed by atoms with Crippen molar-refractivity contribution in [3.8, 4) is 0 Å². The van der Waals surface area contributed by atoms with Gasteiger partial charge in [0.2, 0.25) is 0 Å². The van der Waals surface area contributed by atoms with E-state index in [-0.39, 0.29) is 11.9 Å². The largest absolute Gasteiger partial charge is 0.469 e. The highest BCUT2D eigenvalue weighted by atomic mass is 16.3. The summed E-state index contributed by atoms with van der Waals surface area (Å²) in [6.45, 7) is 5.38. The molecule has 0 aromatic carbocycles. The number of nitrogens with two attached hydrogens (primary N) is 1. The van der Waals surface area contributed by atoms with Gasteiger partial charge in [0.05, 0.1) is 11.8 Å². The average molecular weight is 250 g/mol. The Kier molecular flexibility index (Phi) is 4.07. The highest BCUT2D eigenvalue weighted by Crippen LogP contribution is 2.26. The standard InChI is InChI=1S/C14H22N2O2/c1-3-11-4-6-16(12(8-11)9-15)14(17)13-5-7-18-10(13)2/h5,7,11-12H,3-4,6,8-9,15H2,1-2H3. The van der Waals surface area contributed by atoms with Crippen molar-refractivity contribution < 1.29 is 9.21 Å². The monoisotopic (exact) mass is 250 g/mol. The molecule has 0 spiro atoms. The molecule has 0 bridgehead atoms. The zero-order valence-electron chi connectivity index (χ0n) is 11.2. The van der Waals surface area contributed by atoms with E-state index in [0.29, 0.717) is 23.8 Å². The van der Waals surface area contributed by atoms with E-state index in [2.05, 4.69) is 6.92 Å². The van der Waals surface area contributed by atoms with Crippen molar-refractivity contribution in [1.29, 1.82) is 0 Å². The highest BCUT2D eigenvalue weighted by molar-refractivity contribution is 5.95. The minimum absolute atomic E-state index is 0.0613. The summed E-state index contributed by atoms with van der Waals surface area (Å²) in [4.78, 5) is 14.4. The molecule has 1 aliphatic rings. The molecule has 2 atom stereocenters. The Bertz CT molecular complexity index is 414. The maximum absolute atomic E-state index is 12.5. The Balaban J connectivity index is 2.13. The number of piperidine rings is 1. The first-order valence-electron chi connectivity index (χ1n) is 6.72. The van der Waals surface area contributed by atoms with Crippen molar-refractivity contribution in [1.82, 2.24) is 4.90 Å². The van der Waals surface area contributed by atoms with Crippen molar-refractivity contribution in [3.63, 3.8) is 0 Å². The van der Waals surface area contributed by atoms with E-state index < -0.39 is 0 Å². The zero-order chi connectivity index (χ0) is 13.1. The molecular weight excluding hydrogens is 228 g/mol. The van der Waals surface area contributed by atoms with Crippen molar-refractivity contribution in [2.24, 2.45) is 11.7 Å². The summed E-state index contributed by atoms with van der Waals surface area (Å²) < 4.78 is 5.21. The molecule has 0 saturated carbocycles. The van der Waals surface area contributed by atoms with Crippen LogP contribution < -0.4 is 5.73 Å². The number of amides is 1. The van der Waals surface area contributed by atoms with Crippen LogP contribution in [-0.2, 0) is 0 Å². The number of hydrogen-bond donors (Lipinski definition) is 1. The molecule has 4 nitrogen and oxygen atoms in total. The number of hydrogen-bond acceptors (Lipinski definition) is 3. The molecule has 18 heavy (non-hydrogen) atoms. The van der Waals surface area contributed by atoms with Crippen molar-refractivity contribution in [2.45, 2.75) is 39.2 Å².